The standard InChI is InChI=1S/C13H18O3S/c1-9(2)11-5-7-12(8-6-11)13(14)10(3)17(4,15)16/h5-10H,1-4H3. The Hall–Kier alpha value is -1.16. The lowest BCUT2D eigenvalue weighted by Gasteiger charge is -2.10. The molecule has 1 aromatic carbocycles. The van der Waals surface area contributed by atoms with Crippen molar-refractivity contribution < 1.29 is 13.2 Å². The van der Waals surface area contributed by atoms with E-state index >= 15 is 0 Å². The van der Waals surface area contributed by atoms with Crippen LogP contribution in [0.5, 0.6) is 0 Å². The van der Waals surface area contributed by atoms with Gasteiger partial charge >= 0.3 is 0 Å². The molecule has 0 aromatic heterocycles. The molecule has 4 heteroatoms. The van der Waals surface area contributed by atoms with Gasteiger partial charge in [0, 0.05) is 11.8 Å². The third kappa shape index (κ3) is 3.40. The van der Waals surface area contributed by atoms with Gasteiger partial charge in [-0.3, -0.25) is 4.79 Å². The fourth-order valence-corrected chi connectivity index (χ4v) is 1.99. The van der Waals surface area contributed by atoms with E-state index in [4.69, 9.17) is 0 Å². The molecule has 0 fully saturated rings. The molecule has 0 aliphatic rings. The maximum atomic E-state index is 11.9. The quantitative estimate of drug-likeness (QED) is 0.775. The molecule has 0 amide bonds. The Morgan fingerprint density at radius 1 is 1.06 bits per heavy atom. The summed E-state index contributed by atoms with van der Waals surface area (Å²) in [6, 6.07) is 7.12. The fourth-order valence-electron chi connectivity index (χ4n) is 1.46. The number of ketones is 1. The van der Waals surface area contributed by atoms with E-state index in [1.165, 1.54) is 6.92 Å². The highest BCUT2D eigenvalue weighted by molar-refractivity contribution is 7.92. The third-order valence-electron chi connectivity index (χ3n) is 2.87. The summed E-state index contributed by atoms with van der Waals surface area (Å²) >= 11 is 0. The lowest BCUT2D eigenvalue weighted by molar-refractivity contribution is 0.0991. The SMILES string of the molecule is CC(C)c1ccc(C(=O)C(C)S(C)(=O)=O)cc1. The van der Waals surface area contributed by atoms with E-state index < -0.39 is 15.1 Å². The molecule has 17 heavy (non-hydrogen) atoms. The number of sulfone groups is 1. The molecule has 1 rings (SSSR count). The van der Waals surface area contributed by atoms with Crippen LogP contribution >= 0.6 is 0 Å². The van der Waals surface area contributed by atoms with Gasteiger partial charge in [-0.15, -0.1) is 0 Å². The van der Waals surface area contributed by atoms with Gasteiger partial charge in [0.05, 0.1) is 0 Å². The largest absolute Gasteiger partial charge is 0.293 e. The molecule has 0 aliphatic heterocycles. The third-order valence-corrected chi connectivity index (χ3v) is 4.37. The Bertz CT molecular complexity index is 498. The van der Waals surface area contributed by atoms with E-state index in [1.807, 2.05) is 12.1 Å². The molecule has 1 atom stereocenters. The van der Waals surface area contributed by atoms with Crippen LogP contribution in [-0.4, -0.2) is 25.7 Å². The molecular formula is C13H18O3S. The van der Waals surface area contributed by atoms with Crippen LogP contribution in [0.3, 0.4) is 0 Å². The van der Waals surface area contributed by atoms with Crippen LogP contribution in [-0.2, 0) is 9.84 Å². The van der Waals surface area contributed by atoms with Crippen molar-refractivity contribution in [2.24, 2.45) is 0 Å². The summed E-state index contributed by atoms with van der Waals surface area (Å²) in [5, 5.41) is -0.979. The summed E-state index contributed by atoms with van der Waals surface area (Å²) in [6.07, 6.45) is 1.08. The van der Waals surface area contributed by atoms with Crippen molar-refractivity contribution in [1.29, 1.82) is 0 Å². The molecular weight excluding hydrogens is 236 g/mol. The monoisotopic (exact) mass is 254 g/mol. The van der Waals surface area contributed by atoms with Crippen LogP contribution in [0.15, 0.2) is 24.3 Å². The molecule has 0 aliphatic carbocycles. The van der Waals surface area contributed by atoms with Gasteiger partial charge in [0.1, 0.15) is 5.25 Å². The minimum atomic E-state index is -3.33. The lowest BCUT2D eigenvalue weighted by Crippen LogP contribution is -2.26. The highest BCUT2D eigenvalue weighted by atomic mass is 32.2. The molecule has 0 saturated carbocycles. The number of Topliss-reactive ketones (excluding diaryl/α,β-unsaturated/α-hetero) is 1. The first-order valence-corrected chi connectivity index (χ1v) is 7.52. The van der Waals surface area contributed by atoms with Gasteiger partial charge in [0.2, 0.25) is 0 Å². The molecule has 0 bridgehead atoms. The zero-order valence-corrected chi connectivity index (χ0v) is 11.4. The minimum absolute atomic E-state index is 0.345. The lowest BCUT2D eigenvalue weighted by atomic mass is 10.00. The maximum absolute atomic E-state index is 11.9. The van der Waals surface area contributed by atoms with Gasteiger partial charge in [-0.25, -0.2) is 8.42 Å². The summed E-state index contributed by atoms with van der Waals surface area (Å²) in [5.41, 5.74) is 1.58. The predicted molar refractivity (Wildman–Crippen MR) is 69.2 cm³/mol. The molecule has 1 aromatic rings. The second-order valence-corrected chi connectivity index (χ2v) is 6.98. The summed E-state index contributed by atoms with van der Waals surface area (Å²) in [5.74, 6) is 0.0503. The van der Waals surface area contributed by atoms with E-state index in [0.29, 0.717) is 11.5 Å². The first-order valence-electron chi connectivity index (χ1n) is 5.56. The first kappa shape index (κ1) is 13.9. The van der Waals surface area contributed by atoms with Crippen molar-refractivity contribution in [3.05, 3.63) is 35.4 Å². The summed E-state index contributed by atoms with van der Waals surface area (Å²) in [6.45, 7) is 5.56. The van der Waals surface area contributed by atoms with Gasteiger partial charge < -0.3 is 0 Å². The zero-order chi connectivity index (χ0) is 13.2. The summed E-state index contributed by atoms with van der Waals surface area (Å²) < 4.78 is 22.6. The first-order chi connectivity index (χ1) is 7.73. The van der Waals surface area contributed by atoms with E-state index in [2.05, 4.69) is 13.8 Å². The number of hydrogen-bond donors (Lipinski definition) is 0. The molecule has 0 spiro atoms. The van der Waals surface area contributed by atoms with Crippen molar-refractivity contribution in [2.45, 2.75) is 31.9 Å². The Morgan fingerprint density at radius 2 is 1.53 bits per heavy atom. The maximum Gasteiger partial charge on any atom is 0.180 e. The zero-order valence-electron chi connectivity index (χ0n) is 10.6. The average molecular weight is 254 g/mol. The molecule has 94 valence electrons. The number of carbonyl (C=O) groups is 1. The number of benzene rings is 1. The summed E-state index contributed by atoms with van der Waals surface area (Å²) in [4.78, 5) is 11.9. The highest BCUT2D eigenvalue weighted by Crippen LogP contribution is 2.16. The Balaban J connectivity index is 2.99. The normalized spacial score (nSPS) is 13.7. The Kier molecular flexibility index (Phi) is 4.09. The van der Waals surface area contributed by atoms with E-state index in [9.17, 15) is 13.2 Å². The van der Waals surface area contributed by atoms with Gasteiger partial charge in [0.25, 0.3) is 0 Å². The second-order valence-electron chi connectivity index (χ2n) is 4.61. The van der Waals surface area contributed by atoms with Gasteiger partial charge in [-0.2, -0.15) is 0 Å². The van der Waals surface area contributed by atoms with Gasteiger partial charge in [-0.05, 0) is 18.4 Å². The summed E-state index contributed by atoms with van der Waals surface area (Å²) in [7, 11) is -3.33. The second kappa shape index (κ2) is 5.00. The Morgan fingerprint density at radius 3 is 1.88 bits per heavy atom. The van der Waals surface area contributed by atoms with E-state index in [0.717, 1.165) is 11.8 Å². The van der Waals surface area contributed by atoms with E-state index in [-0.39, 0.29) is 5.78 Å². The minimum Gasteiger partial charge on any atom is -0.293 e. The van der Waals surface area contributed by atoms with Crippen molar-refractivity contribution >= 4 is 15.6 Å². The number of carbonyl (C=O) groups excluding carboxylic acids is 1. The highest BCUT2D eigenvalue weighted by Gasteiger charge is 2.24. The van der Waals surface area contributed by atoms with Crippen molar-refractivity contribution in [1.82, 2.24) is 0 Å². The fraction of sp³-hybridized carbons (Fsp3) is 0.462. The van der Waals surface area contributed by atoms with Crippen LogP contribution in [0.4, 0.5) is 0 Å². The molecule has 0 radical (unpaired) electrons. The molecule has 1 unspecified atom stereocenters. The average Bonchev–Trinajstić information content (AvgIpc) is 2.26. The molecule has 0 heterocycles. The smallest absolute Gasteiger partial charge is 0.180 e. The van der Waals surface area contributed by atoms with Crippen LogP contribution in [0.1, 0.15) is 42.6 Å². The van der Waals surface area contributed by atoms with Crippen LogP contribution in [0, 0.1) is 0 Å². The van der Waals surface area contributed by atoms with Crippen LogP contribution < -0.4 is 0 Å². The van der Waals surface area contributed by atoms with Crippen LogP contribution in [0.25, 0.3) is 0 Å². The predicted octanol–water partition coefficient (Wildman–Crippen LogP) is 2.43. The van der Waals surface area contributed by atoms with Crippen molar-refractivity contribution in [3.63, 3.8) is 0 Å². The van der Waals surface area contributed by atoms with Gasteiger partial charge in [0.15, 0.2) is 15.6 Å². The van der Waals surface area contributed by atoms with Crippen LogP contribution in [0.2, 0.25) is 0 Å². The van der Waals surface area contributed by atoms with Gasteiger partial charge in [-0.1, -0.05) is 38.1 Å². The number of rotatable bonds is 4. The topological polar surface area (TPSA) is 51.2 Å². The Labute approximate surface area is 103 Å². The molecule has 0 N–H and O–H groups in total. The molecule has 3 nitrogen and oxygen atoms in total. The van der Waals surface area contributed by atoms with Crippen molar-refractivity contribution in [3.8, 4) is 0 Å². The molecule has 0 saturated heterocycles. The number of hydrogen-bond acceptors (Lipinski definition) is 3. The van der Waals surface area contributed by atoms with E-state index in [1.54, 1.807) is 12.1 Å². The van der Waals surface area contributed by atoms with Crippen molar-refractivity contribution in [2.75, 3.05) is 6.26 Å².